The summed E-state index contributed by atoms with van der Waals surface area (Å²) in [5, 5.41) is 0.486. The molecule has 0 aliphatic rings. The molecule has 1 aromatic heterocycles. The Morgan fingerprint density at radius 3 is 2.75 bits per heavy atom. The van der Waals surface area contributed by atoms with E-state index in [0.717, 1.165) is 11.1 Å². The number of hydrogen-bond donors (Lipinski definition) is 1. The molecule has 24 heavy (non-hydrogen) atoms. The minimum Gasteiger partial charge on any atom is -0.380 e. The van der Waals surface area contributed by atoms with Gasteiger partial charge in [0.1, 0.15) is 5.82 Å². The van der Waals surface area contributed by atoms with Gasteiger partial charge in [-0.3, -0.25) is 4.79 Å². The second-order valence-corrected chi connectivity index (χ2v) is 7.43. The molecule has 0 fully saturated rings. The number of amides is 1. The van der Waals surface area contributed by atoms with Crippen molar-refractivity contribution in [1.29, 1.82) is 0 Å². The van der Waals surface area contributed by atoms with Crippen molar-refractivity contribution < 1.29 is 13.9 Å². The number of ether oxygens (including phenoxy) is 1. The van der Waals surface area contributed by atoms with Gasteiger partial charge in [-0.2, -0.15) is 0 Å². The zero-order valence-electron chi connectivity index (χ0n) is 14.6. The Kier molecular flexibility index (Phi) is 6.32. The fraction of sp³-hybridized carbons (Fsp3) is 0.500. The Labute approximate surface area is 146 Å². The van der Waals surface area contributed by atoms with E-state index < -0.39 is 0 Å². The number of methoxy groups -OCH3 is 1. The molecule has 0 spiro atoms. The standard InChI is InChI=1S/C18H25FN2O2S/c1-11(2)14(20)8-9-21(3)18(22)17-12(10-23-4)16-13(19)6-5-7-15(16)24-17/h5-7,11,14H,8-10,20H2,1-4H3. The number of benzene rings is 1. The van der Waals surface area contributed by atoms with E-state index in [-0.39, 0.29) is 24.4 Å². The first kappa shape index (κ1) is 18.8. The molecule has 0 aliphatic heterocycles. The van der Waals surface area contributed by atoms with Crippen LogP contribution >= 0.6 is 11.3 Å². The lowest BCUT2D eigenvalue weighted by Crippen LogP contribution is -2.34. The first-order valence-electron chi connectivity index (χ1n) is 8.06. The molecule has 2 aromatic rings. The second kappa shape index (κ2) is 8.05. The third-order valence-corrected chi connectivity index (χ3v) is 5.43. The van der Waals surface area contributed by atoms with Gasteiger partial charge < -0.3 is 15.4 Å². The minimum atomic E-state index is -0.320. The summed E-state index contributed by atoms with van der Waals surface area (Å²) in [6.45, 7) is 4.92. The number of rotatable bonds is 7. The first-order valence-corrected chi connectivity index (χ1v) is 8.88. The molecular formula is C18H25FN2O2S. The summed E-state index contributed by atoms with van der Waals surface area (Å²) >= 11 is 1.31. The molecule has 0 radical (unpaired) electrons. The van der Waals surface area contributed by atoms with Crippen LogP contribution in [0.25, 0.3) is 10.1 Å². The van der Waals surface area contributed by atoms with Gasteiger partial charge in [0.2, 0.25) is 0 Å². The van der Waals surface area contributed by atoms with Crippen LogP contribution in [0.15, 0.2) is 18.2 Å². The van der Waals surface area contributed by atoms with Gasteiger partial charge in [-0.05, 0) is 24.5 Å². The van der Waals surface area contributed by atoms with Crippen molar-refractivity contribution in [3.8, 4) is 0 Å². The van der Waals surface area contributed by atoms with E-state index in [9.17, 15) is 9.18 Å². The van der Waals surface area contributed by atoms with Crippen LogP contribution in [-0.4, -0.2) is 37.6 Å². The van der Waals surface area contributed by atoms with Crippen molar-refractivity contribution in [1.82, 2.24) is 4.90 Å². The zero-order valence-corrected chi connectivity index (χ0v) is 15.5. The molecule has 132 valence electrons. The van der Waals surface area contributed by atoms with Crippen molar-refractivity contribution in [3.63, 3.8) is 0 Å². The molecule has 0 saturated heterocycles. The van der Waals surface area contributed by atoms with E-state index in [1.807, 2.05) is 6.07 Å². The number of hydrogen-bond acceptors (Lipinski definition) is 4. The number of carbonyl (C=O) groups is 1. The van der Waals surface area contributed by atoms with Gasteiger partial charge >= 0.3 is 0 Å². The van der Waals surface area contributed by atoms with Crippen molar-refractivity contribution >= 4 is 27.3 Å². The van der Waals surface area contributed by atoms with Gasteiger partial charge in [0.15, 0.2) is 0 Å². The normalized spacial score (nSPS) is 12.8. The van der Waals surface area contributed by atoms with Crippen molar-refractivity contribution in [3.05, 3.63) is 34.5 Å². The summed E-state index contributed by atoms with van der Waals surface area (Å²) in [5.74, 6) is -0.0612. The number of fused-ring (bicyclic) bond motifs is 1. The van der Waals surface area contributed by atoms with E-state index in [1.165, 1.54) is 17.4 Å². The molecule has 2 N–H and O–H groups in total. The molecule has 6 heteroatoms. The van der Waals surface area contributed by atoms with Gasteiger partial charge in [0.05, 0.1) is 11.5 Å². The van der Waals surface area contributed by atoms with Crippen LogP contribution in [0.4, 0.5) is 4.39 Å². The van der Waals surface area contributed by atoms with E-state index >= 15 is 0 Å². The molecule has 1 atom stereocenters. The van der Waals surface area contributed by atoms with Crippen LogP contribution in [0.2, 0.25) is 0 Å². The zero-order chi connectivity index (χ0) is 17.9. The van der Waals surface area contributed by atoms with E-state index in [1.54, 1.807) is 25.1 Å². The lowest BCUT2D eigenvalue weighted by molar-refractivity contribution is 0.0789. The Hall–Kier alpha value is -1.50. The van der Waals surface area contributed by atoms with Gasteiger partial charge in [0, 0.05) is 42.4 Å². The number of nitrogens with zero attached hydrogens (tertiary/aromatic N) is 1. The fourth-order valence-electron chi connectivity index (χ4n) is 2.57. The molecule has 1 aromatic carbocycles. The highest BCUT2D eigenvalue weighted by Crippen LogP contribution is 2.34. The highest BCUT2D eigenvalue weighted by atomic mass is 32.1. The van der Waals surface area contributed by atoms with E-state index in [0.29, 0.717) is 28.3 Å². The fourth-order valence-corrected chi connectivity index (χ4v) is 3.79. The topological polar surface area (TPSA) is 55.6 Å². The maximum absolute atomic E-state index is 14.2. The summed E-state index contributed by atoms with van der Waals surface area (Å²) in [6, 6.07) is 4.95. The maximum Gasteiger partial charge on any atom is 0.264 e. The summed E-state index contributed by atoms with van der Waals surface area (Å²) in [5.41, 5.74) is 6.68. The third-order valence-electron chi connectivity index (χ3n) is 4.25. The lowest BCUT2D eigenvalue weighted by Gasteiger charge is -2.21. The molecule has 1 heterocycles. The Morgan fingerprint density at radius 2 is 2.12 bits per heavy atom. The molecular weight excluding hydrogens is 327 g/mol. The number of thiophene rings is 1. The van der Waals surface area contributed by atoms with Crippen molar-refractivity contribution in [2.75, 3.05) is 20.7 Å². The van der Waals surface area contributed by atoms with Crippen LogP contribution in [0.3, 0.4) is 0 Å². The highest BCUT2D eigenvalue weighted by Gasteiger charge is 2.23. The maximum atomic E-state index is 14.2. The average molecular weight is 352 g/mol. The predicted molar refractivity (Wildman–Crippen MR) is 96.9 cm³/mol. The minimum absolute atomic E-state index is 0.0542. The molecule has 1 amide bonds. The number of halogens is 1. The van der Waals surface area contributed by atoms with Gasteiger partial charge in [-0.1, -0.05) is 19.9 Å². The van der Waals surface area contributed by atoms with Crippen LogP contribution in [0.1, 0.15) is 35.5 Å². The summed E-state index contributed by atoms with van der Waals surface area (Å²) in [7, 11) is 3.30. The summed E-state index contributed by atoms with van der Waals surface area (Å²) in [6.07, 6.45) is 0.735. The van der Waals surface area contributed by atoms with E-state index in [4.69, 9.17) is 10.5 Å². The van der Waals surface area contributed by atoms with Gasteiger partial charge in [0.25, 0.3) is 5.91 Å². The van der Waals surface area contributed by atoms with Crippen LogP contribution < -0.4 is 5.73 Å². The second-order valence-electron chi connectivity index (χ2n) is 6.38. The largest absolute Gasteiger partial charge is 0.380 e. The SMILES string of the molecule is COCc1c(C(=O)N(C)CCC(N)C(C)C)sc2cccc(F)c12. The molecule has 0 saturated carbocycles. The monoisotopic (exact) mass is 352 g/mol. The van der Waals surface area contributed by atoms with Crippen LogP contribution in [-0.2, 0) is 11.3 Å². The van der Waals surface area contributed by atoms with Crippen molar-refractivity contribution in [2.45, 2.75) is 32.9 Å². The molecule has 4 nitrogen and oxygen atoms in total. The van der Waals surface area contributed by atoms with Gasteiger partial charge in [-0.15, -0.1) is 11.3 Å². The quantitative estimate of drug-likeness (QED) is 0.828. The van der Waals surface area contributed by atoms with Gasteiger partial charge in [-0.25, -0.2) is 4.39 Å². The Balaban J connectivity index is 2.28. The smallest absolute Gasteiger partial charge is 0.264 e. The average Bonchev–Trinajstić information content (AvgIpc) is 2.91. The Morgan fingerprint density at radius 1 is 1.42 bits per heavy atom. The summed E-state index contributed by atoms with van der Waals surface area (Å²) < 4.78 is 20.2. The highest BCUT2D eigenvalue weighted by molar-refractivity contribution is 7.21. The predicted octanol–water partition coefficient (Wildman–Crippen LogP) is 3.63. The lowest BCUT2D eigenvalue weighted by atomic mass is 10.0. The van der Waals surface area contributed by atoms with E-state index in [2.05, 4.69) is 13.8 Å². The number of carbonyl (C=O) groups excluding carboxylic acids is 1. The molecule has 0 bridgehead atoms. The molecule has 0 aliphatic carbocycles. The van der Waals surface area contributed by atoms with Crippen molar-refractivity contribution in [2.24, 2.45) is 11.7 Å². The third kappa shape index (κ3) is 3.94. The molecule has 1 unspecified atom stereocenters. The van der Waals surface area contributed by atoms with Crippen LogP contribution in [0, 0.1) is 11.7 Å². The molecule has 2 rings (SSSR count). The Bertz CT molecular complexity index is 714. The number of nitrogens with two attached hydrogens (primary N) is 1. The summed E-state index contributed by atoms with van der Waals surface area (Å²) in [4.78, 5) is 15.0. The first-order chi connectivity index (χ1) is 11.4. The van der Waals surface area contributed by atoms with Crippen LogP contribution in [0.5, 0.6) is 0 Å².